The molecule has 0 radical (unpaired) electrons. The summed E-state index contributed by atoms with van der Waals surface area (Å²) in [6, 6.07) is 4.93. The molecule has 1 aromatic carbocycles. The first-order chi connectivity index (χ1) is 10.5. The highest BCUT2D eigenvalue weighted by molar-refractivity contribution is 7.92. The molecule has 1 saturated carbocycles. The lowest BCUT2D eigenvalue weighted by molar-refractivity contribution is -0.138. The molecule has 1 saturated heterocycles. The van der Waals surface area contributed by atoms with Crippen LogP contribution in [0.3, 0.4) is 0 Å². The van der Waals surface area contributed by atoms with Crippen LogP contribution in [0, 0.1) is 11.7 Å². The molecular formula is C16H20FNO3S. The summed E-state index contributed by atoms with van der Waals surface area (Å²) in [6.45, 7) is 0.903. The Balaban J connectivity index is 1.75. The van der Waals surface area contributed by atoms with E-state index in [-0.39, 0.29) is 23.3 Å². The molecule has 1 atom stereocenters. The Labute approximate surface area is 130 Å². The number of amides is 1. The normalized spacial score (nSPS) is 23.1. The van der Waals surface area contributed by atoms with Crippen molar-refractivity contribution >= 4 is 15.7 Å². The summed E-state index contributed by atoms with van der Waals surface area (Å²) >= 11 is 0. The molecule has 1 aromatic rings. The maximum atomic E-state index is 13.0. The number of benzene rings is 1. The highest BCUT2D eigenvalue weighted by Crippen LogP contribution is 2.31. The van der Waals surface area contributed by atoms with Crippen LogP contribution < -0.4 is 0 Å². The Morgan fingerprint density at radius 2 is 1.77 bits per heavy atom. The first-order valence-corrected chi connectivity index (χ1v) is 9.31. The predicted molar refractivity (Wildman–Crippen MR) is 80.5 cm³/mol. The molecule has 4 nitrogen and oxygen atoms in total. The maximum Gasteiger partial charge on any atom is 0.225 e. The molecule has 120 valence electrons. The van der Waals surface area contributed by atoms with Gasteiger partial charge in [-0.1, -0.05) is 6.42 Å². The lowest BCUT2D eigenvalue weighted by atomic mass is 9.84. The van der Waals surface area contributed by atoms with Gasteiger partial charge in [0.05, 0.1) is 10.1 Å². The number of likely N-dealkylation sites (tertiary alicyclic amines) is 1. The Morgan fingerprint density at radius 3 is 2.36 bits per heavy atom. The van der Waals surface area contributed by atoms with Gasteiger partial charge in [0.15, 0.2) is 9.84 Å². The number of carbonyl (C=O) groups is 1. The predicted octanol–water partition coefficient (Wildman–Crippen LogP) is 2.39. The summed E-state index contributed by atoms with van der Waals surface area (Å²) in [5, 5.41) is -0.587. The van der Waals surface area contributed by atoms with E-state index in [1.165, 1.54) is 12.1 Å². The second-order valence-electron chi connectivity index (χ2n) is 6.18. The molecule has 0 aromatic heterocycles. The molecule has 1 aliphatic carbocycles. The van der Waals surface area contributed by atoms with E-state index in [0.29, 0.717) is 19.4 Å². The fraction of sp³-hybridized carbons (Fsp3) is 0.562. The first-order valence-electron chi connectivity index (χ1n) is 7.77. The van der Waals surface area contributed by atoms with Gasteiger partial charge in [-0.25, -0.2) is 12.8 Å². The van der Waals surface area contributed by atoms with Crippen molar-refractivity contribution in [3.05, 3.63) is 30.1 Å². The number of nitrogens with zero attached hydrogens (tertiary/aromatic N) is 1. The standard InChI is InChI=1S/C16H20FNO3S/c17-13-6-8-14(9-7-13)22(20,21)15-5-2-10-18(11-15)16(19)12-3-1-4-12/h6-9,12,15H,1-5,10-11H2. The van der Waals surface area contributed by atoms with Crippen LogP contribution in [0.4, 0.5) is 4.39 Å². The van der Waals surface area contributed by atoms with Gasteiger partial charge < -0.3 is 4.90 Å². The molecule has 6 heteroatoms. The summed E-state index contributed by atoms with van der Waals surface area (Å²) in [5.74, 6) is -0.262. The third-order valence-corrected chi connectivity index (χ3v) is 6.92. The van der Waals surface area contributed by atoms with Gasteiger partial charge in [-0.2, -0.15) is 0 Å². The van der Waals surface area contributed by atoms with E-state index in [4.69, 9.17) is 0 Å². The summed E-state index contributed by atoms with van der Waals surface area (Å²) in [4.78, 5) is 14.2. The zero-order valence-corrected chi connectivity index (χ0v) is 13.2. The molecule has 2 aliphatic rings. The fourth-order valence-electron chi connectivity index (χ4n) is 3.12. The molecule has 1 amide bonds. The van der Waals surface area contributed by atoms with Crippen molar-refractivity contribution in [3.63, 3.8) is 0 Å². The van der Waals surface area contributed by atoms with Crippen LogP contribution in [0.15, 0.2) is 29.2 Å². The summed E-state index contributed by atoms with van der Waals surface area (Å²) in [6.07, 6.45) is 4.18. The monoisotopic (exact) mass is 325 g/mol. The van der Waals surface area contributed by atoms with Gasteiger partial charge >= 0.3 is 0 Å². The van der Waals surface area contributed by atoms with Crippen molar-refractivity contribution in [2.24, 2.45) is 5.92 Å². The third-order valence-electron chi connectivity index (χ3n) is 4.73. The molecule has 1 heterocycles. The number of sulfone groups is 1. The van der Waals surface area contributed by atoms with E-state index in [9.17, 15) is 17.6 Å². The topological polar surface area (TPSA) is 54.5 Å². The van der Waals surface area contributed by atoms with Gasteiger partial charge in [0.25, 0.3) is 0 Å². The molecule has 3 rings (SSSR count). The summed E-state index contributed by atoms with van der Waals surface area (Å²) < 4.78 is 38.3. The Morgan fingerprint density at radius 1 is 1.09 bits per heavy atom. The minimum Gasteiger partial charge on any atom is -0.341 e. The number of halogens is 1. The van der Waals surface area contributed by atoms with Crippen LogP contribution >= 0.6 is 0 Å². The summed E-state index contributed by atoms with van der Waals surface area (Å²) in [7, 11) is -3.52. The lowest BCUT2D eigenvalue weighted by Crippen LogP contribution is -2.48. The number of carbonyl (C=O) groups excluding carboxylic acids is 1. The van der Waals surface area contributed by atoms with Crippen molar-refractivity contribution < 1.29 is 17.6 Å². The van der Waals surface area contributed by atoms with Crippen LogP contribution in [-0.4, -0.2) is 37.6 Å². The zero-order chi connectivity index (χ0) is 15.7. The van der Waals surface area contributed by atoms with Crippen LogP contribution in [0.2, 0.25) is 0 Å². The number of hydrogen-bond donors (Lipinski definition) is 0. The second-order valence-corrected chi connectivity index (χ2v) is 8.40. The van der Waals surface area contributed by atoms with Crippen molar-refractivity contribution in [1.29, 1.82) is 0 Å². The second kappa shape index (κ2) is 5.99. The lowest BCUT2D eigenvalue weighted by Gasteiger charge is -2.37. The average molecular weight is 325 g/mol. The quantitative estimate of drug-likeness (QED) is 0.802. The summed E-state index contributed by atoms with van der Waals surface area (Å²) in [5.41, 5.74) is 0. The molecule has 0 bridgehead atoms. The Bertz CT molecular complexity index is 652. The molecular weight excluding hydrogens is 305 g/mol. The van der Waals surface area contributed by atoms with Gasteiger partial charge in [0, 0.05) is 19.0 Å². The van der Waals surface area contributed by atoms with Gasteiger partial charge in [-0.3, -0.25) is 4.79 Å². The van der Waals surface area contributed by atoms with Gasteiger partial charge in [-0.15, -0.1) is 0 Å². The fourth-order valence-corrected chi connectivity index (χ4v) is 4.88. The van der Waals surface area contributed by atoms with Crippen LogP contribution in [0.1, 0.15) is 32.1 Å². The van der Waals surface area contributed by atoms with E-state index in [1.54, 1.807) is 4.90 Å². The molecule has 0 spiro atoms. The maximum absolute atomic E-state index is 13.0. The number of piperidine rings is 1. The SMILES string of the molecule is O=C(C1CCC1)N1CCCC(S(=O)(=O)c2ccc(F)cc2)C1. The van der Waals surface area contributed by atoms with E-state index in [2.05, 4.69) is 0 Å². The van der Waals surface area contributed by atoms with Crippen molar-refractivity contribution in [1.82, 2.24) is 4.90 Å². The van der Waals surface area contributed by atoms with Gasteiger partial charge in [0.1, 0.15) is 5.82 Å². The third kappa shape index (κ3) is 2.89. The number of rotatable bonds is 3. The van der Waals surface area contributed by atoms with Gasteiger partial charge in [0.2, 0.25) is 5.91 Å². The highest BCUT2D eigenvalue weighted by Gasteiger charge is 2.36. The van der Waals surface area contributed by atoms with E-state index in [0.717, 1.165) is 31.4 Å². The Kier molecular flexibility index (Phi) is 4.21. The van der Waals surface area contributed by atoms with Crippen molar-refractivity contribution in [2.75, 3.05) is 13.1 Å². The number of hydrogen-bond acceptors (Lipinski definition) is 3. The zero-order valence-electron chi connectivity index (χ0n) is 12.4. The van der Waals surface area contributed by atoms with Crippen molar-refractivity contribution in [2.45, 2.75) is 42.2 Å². The van der Waals surface area contributed by atoms with E-state index < -0.39 is 20.9 Å². The minimum absolute atomic E-state index is 0.0901. The van der Waals surface area contributed by atoms with Crippen LogP contribution in [0.5, 0.6) is 0 Å². The first kappa shape index (κ1) is 15.5. The smallest absolute Gasteiger partial charge is 0.225 e. The van der Waals surface area contributed by atoms with E-state index in [1.807, 2.05) is 0 Å². The van der Waals surface area contributed by atoms with Crippen LogP contribution in [0.25, 0.3) is 0 Å². The van der Waals surface area contributed by atoms with Crippen molar-refractivity contribution in [3.8, 4) is 0 Å². The molecule has 0 N–H and O–H groups in total. The minimum atomic E-state index is -3.52. The van der Waals surface area contributed by atoms with Crippen LogP contribution in [-0.2, 0) is 14.6 Å². The Hall–Kier alpha value is -1.43. The largest absolute Gasteiger partial charge is 0.341 e. The molecule has 2 fully saturated rings. The average Bonchev–Trinajstić information content (AvgIpc) is 2.46. The molecule has 1 aliphatic heterocycles. The van der Waals surface area contributed by atoms with Gasteiger partial charge in [-0.05, 0) is 49.9 Å². The molecule has 22 heavy (non-hydrogen) atoms. The molecule has 1 unspecified atom stereocenters. The van der Waals surface area contributed by atoms with E-state index >= 15 is 0 Å². The highest BCUT2D eigenvalue weighted by atomic mass is 32.2.